The summed E-state index contributed by atoms with van der Waals surface area (Å²) >= 11 is 0. The third kappa shape index (κ3) is 4.05. The summed E-state index contributed by atoms with van der Waals surface area (Å²) < 4.78 is 0. The second-order valence-electron chi connectivity index (χ2n) is 7.62. The zero-order valence-electron chi connectivity index (χ0n) is 15.6. The number of carbonyl (C=O) groups is 2. The molecule has 2 aromatic rings. The minimum atomic E-state index is -0.0346. The second kappa shape index (κ2) is 7.95. The lowest BCUT2D eigenvalue weighted by atomic mass is 9.83. The lowest BCUT2D eigenvalue weighted by Crippen LogP contribution is -2.30. The molecule has 0 saturated carbocycles. The third-order valence-corrected chi connectivity index (χ3v) is 5.74. The van der Waals surface area contributed by atoms with Gasteiger partial charge in [-0.3, -0.25) is 9.59 Å². The molecule has 1 aliphatic heterocycles. The normalized spacial score (nSPS) is 19.0. The Kier molecular flexibility index (Phi) is 5.23. The number of nitrogens with one attached hydrogen (secondary N) is 1. The summed E-state index contributed by atoms with van der Waals surface area (Å²) in [6.07, 6.45) is 5.01. The molecule has 1 atom stereocenters. The Bertz CT molecular complexity index is 846. The molecule has 1 heterocycles. The molecular formula is C23H26N2O2. The van der Waals surface area contributed by atoms with E-state index in [1.54, 1.807) is 0 Å². The molecule has 27 heavy (non-hydrogen) atoms. The molecule has 4 rings (SSSR count). The summed E-state index contributed by atoms with van der Waals surface area (Å²) in [5, 5.41) is 3.12. The quantitative estimate of drug-likeness (QED) is 0.882. The average molecular weight is 362 g/mol. The van der Waals surface area contributed by atoms with Crippen molar-refractivity contribution in [2.75, 3.05) is 13.1 Å². The number of aryl methyl sites for hydroxylation is 1. The molecule has 2 amide bonds. The molecule has 0 aromatic heterocycles. The molecule has 0 bridgehead atoms. The van der Waals surface area contributed by atoms with Crippen molar-refractivity contribution in [2.45, 2.75) is 44.6 Å². The van der Waals surface area contributed by atoms with Crippen molar-refractivity contribution in [3.63, 3.8) is 0 Å². The van der Waals surface area contributed by atoms with Gasteiger partial charge in [0.15, 0.2) is 0 Å². The Balaban J connectivity index is 1.39. The van der Waals surface area contributed by atoms with Crippen LogP contribution in [0.1, 0.15) is 58.6 Å². The lowest BCUT2D eigenvalue weighted by Gasteiger charge is -2.25. The maximum absolute atomic E-state index is 12.7. The molecule has 1 N–H and O–H groups in total. The number of hydrogen-bond donors (Lipinski definition) is 1. The Labute approximate surface area is 160 Å². The predicted molar refractivity (Wildman–Crippen MR) is 106 cm³/mol. The monoisotopic (exact) mass is 362 g/mol. The van der Waals surface area contributed by atoms with Crippen LogP contribution < -0.4 is 5.32 Å². The topological polar surface area (TPSA) is 49.4 Å². The molecule has 0 spiro atoms. The van der Waals surface area contributed by atoms with E-state index in [2.05, 4.69) is 29.6 Å². The minimum Gasteiger partial charge on any atom is -0.351 e. The van der Waals surface area contributed by atoms with Gasteiger partial charge in [-0.1, -0.05) is 36.4 Å². The molecule has 1 unspecified atom stereocenters. The average Bonchev–Trinajstić information content (AvgIpc) is 3.10. The van der Waals surface area contributed by atoms with Gasteiger partial charge in [-0.2, -0.15) is 0 Å². The molecule has 0 radical (unpaired) electrons. The van der Waals surface area contributed by atoms with Gasteiger partial charge in [0.05, 0.1) is 0 Å². The molecule has 1 fully saturated rings. The zero-order valence-corrected chi connectivity index (χ0v) is 15.6. The number of amides is 2. The highest BCUT2D eigenvalue weighted by atomic mass is 16.2. The Morgan fingerprint density at radius 2 is 1.96 bits per heavy atom. The Morgan fingerprint density at radius 3 is 2.81 bits per heavy atom. The number of carbonyl (C=O) groups excluding carboxylic acids is 2. The van der Waals surface area contributed by atoms with Crippen molar-refractivity contribution < 1.29 is 9.59 Å². The molecule has 1 aliphatic carbocycles. The van der Waals surface area contributed by atoms with Gasteiger partial charge >= 0.3 is 0 Å². The Morgan fingerprint density at radius 1 is 1.07 bits per heavy atom. The van der Waals surface area contributed by atoms with Gasteiger partial charge in [0.2, 0.25) is 5.91 Å². The summed E-state index contributed by atoms with van der Waals surface area (Å²) in [6, 6.07) is 16.2. The Hall–Kier alpha value is -2.62. The SMILES string of the molecule is O=C(NCC1CCCc2ccccc21)c1cccc(CN2CCCC2=O)c1. The lowest BCUT2D eigenvalue weighted by molar-refractivity contribution is -0.128. The fraction of sp³-hybridized carbons (Fsp3) is 0.391. The highest BCUT2D eigenvalue weighted by Crippen LogP contribution is 2.30. The van der Waals surface area contributed by atoms with Crippen LogP contribution in [0.15, 0.2) is 48.5 Å². The number of fused-ring (bicyclic) bond motifs is 1. The summed E-state index contributed by atoms with van der Waals surface area (Å²) in [6.45, 7) is 2.08. The molecule has 4 nitrogen and oxygen atoms in total. The number of benzene rings is 2. The van der Waals surface area contributed by atoms with Crippen LogP contribution >= 0.6 is 0 Å². The van der Waals surface area contributed by atoms with Crippen molar-refractivity contribution >= 4 is 11.8 Å². The van der Waals surface area contributed by atoms with Gasteiger partial charge in [-0.05, 0) is 54.5 Å². The maximum Gasteiger partial charge on any atom is 0.251 e. The van der Waals surface area contributed by atoms with Gasteiger partial charge < -0.3 is 10.2 Å². The van der Waals surface area contributed by atoms with Crippen LogP contribution in [-0.2, 0) is 17.8 Å². The van der Waals surface area contributed by atoms with Crippen molar-refractivity contribution in [1.29, 1.82) is 0 Å². The summed E-state index contributed by atoms with van der Waals surface area (Å²) in [7, 11) is 0. The van der Waals surface area contributed by atoms with Gasteiger partial charge in [0, 0.05) is 37.5 Å². The van der Waals surface area contributed by atoms with E-state index in [4.69, 9.17) is 0 Å². The van der Waals surface area contributed by atoms with E-state index in [0.29, 0.717) is 31.0 Å². The molecule has 2 aromatic carbocycles. The van der Waals surface area contributed by atoms with E-state index in [1.165, 1.54) is 17.5 Å². The van der Waals surface area contributed by atoms with Gasteiger partial charge in [0.1, 0.15) is 0 Å². The molecule has 4 heteroatoms. The second-order valence-corrected chi connectivity index (χ2v) is 7.62. The fourth-order valence-corrected chi connectivity index (χ4v) is 4.29. The molecule has 2 aliphatic rings. The van der Waals surface area contributed by atoms with Crippen LogP contribution in [0.2, 0.25) is 0 Å². The number of rotatable bonds is 5. The van der Waals surface area contributed by atoms with E-state index in [9.17, 15) is 9.59 Å². The summed E-state index contributed by atoms with van der Waals surface area (Å²) in [4.78, 5) is 26.4. The van der Waals surface area contributed by atoms with E-state index >= 15 is 0 Å². The van der Waals surface area contributed by atoms with E-state index in [1.807, 2.05) is 29.2 Å². The number of nitrogens with zero attached hydrogens (tertiary/aromatic N) is 1. The van der Waals surface area contributed by atoms with Crippen molar-refractivity contribution in [3.8, 4) is 0 Å². The minimum absolute atomic E-state index is 0.0346. The van der Waals surface area contributed by atoms with Crippen LogP contribution in [-0.4, -0.2) is 29.8 Å². The maximum atomic E-state index is 12.7. The van der Waals surface area contributed by atoms with Crippen LogP contribution in [0, 0.1) is 0 Å². The van der Waals surface area contributed by atoms with E-state index in [0.717, 1.165) is 31.4 Å². The van der Waals surface area contributed by atoms with Gasteiger partial charge in [0.25, 0.3) is 5.91 Å². The molecule has 140 valence electrons. The molecular weight excluding hydrogens is 336 g/mol. The van der Waals surface area contributed by atoms with Crippen LogP contribution in [0.25, 0.3) is 0 Å². The first-order valence-corrected chi connectivity index (χ1v) is 9.93. The number of likely N-dealkylation sites (tertiary alicyclic amines) is 1. The first-order chi connectivity index (χ1) is 13.2. The molecule has 1 saturated heterocycles. The standard InChI is InChI=1S/C23H26N2O2/c26-22-12-5-13-25(22)16-17-6-3-9-19(14-17)23(27)24-15-20-10-4-8-18-7-1-2-11-21(18)20/h1-3,6-7,9,11,14,20H,4-5,8,10,12-13,15-16H2,(H,24,27). The zero-order chi connectivity index (χ0) is 18.6. The van der Waals surface area contributed by atoms with Crippen LogP contribution in [0.5, 0.6) is 0 Å². The van der Waals surface area contributed by atoms with Crippen LogP contribution in [0.4, 0.5) is 0 Å². The van der Waals surface area contributed by atoms with Crippen molar-refractivity contribution in [3.05, 3.63) is 70.8 Å². The van der Waals surface area contributed by atoms with E-state index in [-0.39, 0.29) is 11.8 Å². The van der Waals surface area contributed by atoms with Gasteiger partial charge in [-0.25, -0.2) is 0 Å². The first kappa shape index (κ1) is 17.8. The highest BCUT2D eigenvalue weighted by molar-refractivity contribution is 5.94. The van der Waals surface area contributed by atoms with Crippen molar-refractivity contribution in [1.82, 2.24) is 10.2 Å². The summed E-state index contributed by atoms with van der Waals surface area (Å²) in [5.41, 5.74) is 4.48. The fourth-order valence-electron chi connectivity index (χ4n) is 4.29. The highest BCUT2D eigenvalue weighted by Gasteiger charge is 2.22. The third-order valence-electron chi connectivity index (χ3n) is 5.74. The first-order valence-electron chi connectivity index (χ1n) is 9.93. The number of hydrogen-bond acceptors (Lipinski definition) is 2. The van der Waals surface area contributed by atoms with E-state index < -0.39 is 0 Å². The summed E-state index contributed by atoms with van der Waals surface area (Å²) in [5.74, 6) is 0.567. The predicted octanol–water partition coefficient (Wildman–Crippen LogP) is 3.66. The van der Waals surface area contributed by atoms with Gasteiger partial charge in [-0.15, -0.1) is 0 Å². The largest absolute Gasteiger partial charge is 0.351 e. The van der Waals surface area contributed by atoms with Crippen molar-refractivity contribution in [2.24, 2.45) is 0 Å². The van der Waals surface area contributed by atoms with Crippen LogP contribution in [0.3, 0.4) is 0 Å². The smallest absolute Gasteiger partial charge is 0.251 e.